The van der Waals surface area contributed by atoms with Gasteiger partial charge in [0.2, 0.25) is 11.8 Å². The molecule has 6 heteroatoms. The van der Waals surface area contributed by atoms with Crippen molar-refractivity contribution in [2.75, 3.05) is 39.8 Å². The molecular weight excluding hydrogens is 292 g/mol. The molecule has 2 aliphatic rings. The number of amides is 2. The lowest BCUT2D eigenvalue weighted by Crippen LogP contribution is -2.56. The van der Waals surface area contributed by atoms with Gasteiger partial charge in [-0.25, -0.2) is 0 Å². The molecule has 1 atom stereocenters. The molecule has 124 valence electrons. The molecule has 1 saturated heterocycles. The lowest BCUT2D eigenvalue weighted by atomic mass is 9.95. The molecule has 6 nitrogen and oxygen atoms in total. The zero-order valence-corrected chi connectivity index (χ0v) is 13.5. The molecule has 3 rings (SSSR count). The fourth-order valence-corrected chi connectivity index (χ4v) is 3.26. The molecule has 0 saturated carbocycles. The Hall–Kier alpha value is -1.92. The van der Waals surface area contributed by atoms with Crippen molar-refractivity contribution in [1.29, 1.82) is 0 Å². The van der Waals surface area contributed by atoms with Crippen molar-refractivity contribution in [3.63, 3.8) is 0 Å². The SMILES string of the molecule is CNC(=O)CN1CCN(C(=O)C2Cc3ccccc3CN2)CC1. The predicted molar refractivity (Wildman–Crippen MR) is 87.9 cm³/mol. The van der Waals surface area contributed by atoms with Crippen LogP contribution in [0, 0.1) is 0 Å². The highest BCUT2D eigenvalue weighted by Gasteiger charge is 2.30. The van der Waals surface area contributed by atoms with Crippen LogP contribution >= 0.6 is 0 Å². The zero-order chi connectivity index (χ0) is 16.2. The molecule has 2 amide bonds. The molecule has 0 aliphatic carbocycles. The Labute approximate surface area is 136 Å². The fourth-order valence-electron chi connectivity index (χ4n) is 3.26. The number of carbonyl (C=O) groups excluding carboxylic acids is 2. The average Bonchev–Trinajstić information content (AvgIpc) is 2.61. The first-order valence-corrected chi connectivity index (χ1v) is 8.19. The normalized spacial score (nSPS) is 21.6. The number of hydrogen-bond acceptors (Lipinski definition) is 4. The van der Waals surface area contributed by atoms with Crippen molar-refractivity contribution in [2.45, 2.75) is 19.0 Å². The second-order valence-electron chi connectivity index (χ2n) is 6.18. The Balaban J connectivity index is 1.53. The van der Waals surface area contributed by atoms with Gasteiger partial charge in [0.05, 0.1) is 12.6 Å². The number of hydrogen-bond donors (Lipinski definition) is 2. The van der Waals surface area contributed by atoms with Crippen LogP contribution in [0.5, 0.6) is 0 Å². The number of likely N-dealkylation sites (N-methyl/N-ethyl adjacent to an activating group) is 1. The maximum atomic E-state index is 12.7. The summed E-state index contributed by atoms with van der Waals surface area (Å²) in [4.78, 5) is 28.1. The van der Waals surface area contributed by atoms with E-state index in [4.69, 9.17) is 0 Å². The van der Waals surface area contributed by atoms with Crippen molar-refractivity contribution in [2.24, 2.45) is 0 Å². The summed E-state index contributed by atoms with van der Waals surface area (Å²) in [6.45, 7) is 4.05. The van der Waals surface area contributed by atoms with E-state index in [0.29, 0.717) is 19.6 Å². The predicted octanol–water partition coefficient (Wildman–Crippen LogP) is -0.409. The first-order chi connectivity index (χ1) is 11.2. The van der Waals surface area contributed by atoms with Gasteiger partial charge < -0.3 is 15.5 Å². The van der Waals surface area contributed by atoms with Crippen LogP contribution in [0.25, 0.3) is 0 Å². The Kier molecular flexibility index (Phi) is 4.93. The highest BCUT2D eigenvalue weighted by molar-refractivity contribution is 5.83. The van der Waals surface area contributed by atoms with Crippen molar-refractivity contribution >= 4 is 11.8 Å². The molecule has 2 N–H and O–H groups in total. The van der Waals surface area contributed by atoms with Crippen LogP contribution in [-0.2, 0) is 22.6 Å². The van der Waals surface area contributed by atoms with Gasteiger partial charge in [0.25, 0.3) is 0 Å². The number of nitrogens with one attached hydrogen (secondary N) is 2. The second-order valence-corrected chi connectivity index (χ2v) is 6.18. The molecule has 1 aromatic carbocycles. The number of piperazine rings is 1. The molecule has 0 aromatic heterocycles. The minimum Gasteiger partial charge on any atom is -0.358 e. The lowest BCUT2D eigenvalue weighted by molar-refractivity contribution is -0.135. The molecule has 2 heterocycles. The van der Waals surface area contributed by atoms with Crippen LogP contribution in [0.15, 0.2) is 24.3 Å². The van der Waals surface area contributed by atoms with Crippen LogP contribution in [0.3, 0.4) is 0 Å². The van der Waals surface area contributed by atoms with Crippen molar-refractivity contribution in [3.05, 3.63) is 35.4 Å². The van der Waals surface area contributed by atoms with Crippen LogP contribution in [0.2, 0.25) is 0 Å². The van der Waals surface area contributed by atoms with Crippen LogP contribution in [0.4, 0.5) is 0 Å². The molecule has 1 aromatic rings. The largest absolute Gasteiger partial charge is 0.358 e. The van der Waals surface area contributed by atoms with E-state index in [-0.39, 0.29) is 17.9 Å². The first kappa shape index (κ1) is 16.0. The molecule has 1 unspecified atom stereocenters. The molecule has 23 heavy (non-hydrogen) atoms. The van der Waals surface area contributed by atoms with E-state index in [0.717, 1.165) is 26.1 Å². The minimum absolute atomic E-state index is 0.0235. The van der Waals surface area contributed by atoms with Crippen LogP contribution in [-0.4, -0.2) is 67.4 Å². The standard InChI is InChI=1S/C17H24N4O2/c1-18-16(22)12-20-6-8-21(9-7-20)17(23)15-10-13-4-2-3-5-14(13)11-19-15/h2-5,15,19H,6-12H2,1H3,(H,18,22). The molecule has 2 aliphatic heterocycles. The number of benzene rings is 1. The smallest absolute Gasteiger partial charge is 0.240 e. The van der Waals surface area contributed by atoms with Gasteiger partial charge in [-0.05, 0) is 17.5 Å². The van der Waals surface area contributed by atoms with Crippen LogP contribution < -0.4 is 10.6 Å². The number of rotatable bonds is 3. The monoisotopic (exact) mass is 316 g/mol. The zero-order valence-electron chi connectivity index (χ0n) is 13.5. The topological polar surface area (TPSA) is 64.7 Å². The summed E-state index contributed by atoms with van der Waals surface area (Å²) in [5.41, 5.74) is 2.55. The number of carbonyl (C=O) groups is 2. The third-order valence-electron chi connectivity index (χ3n) is 4.71. The van der Waals surface area contributed by atoms with Crippen LogP contribution in [0.1, 0.15) is 11.1 Å². The third kappa shape index (κ3) is 3.71. The van der Waals surface area contributed by atoms with Gasteiger partial charge >= 0.3 is 0 Å². The maximum absolute atomic E-state index is 12.7. The first-order valence-electron chi connectivity index (χ1n) is 8.19. The molecule has 0 spiro atoms. The average molecular weight is 316 g/mol. The van der Waals surface area contributed by atoms with Gasteiger partial charge in [-0.15, -0.1) is 0 Å². The van der Waals surface area contributed by atoms with Gasteiger partial charge in [0.15, 0.2) is 0 Å². The fraction of sp³-hybridized carbons (Fsp3) is 0.529. The lowest BCUT2D eigenvalue weighted by Gasteiger charge is -2.37. The van der Waals surface area contributed by atoms with E-state index in [1.165, 1.54) is 11.1 Å². The summed E-state index contributed by atoms with van der Waals surface area (Å²) in [6, 6.07) is 8.16. The Bertz CT molecular complexity index is 582. The van der Waals surface area contributed by atoms with E-state index in [1.807, 2.05) is 17.0 Å². The summed E-state index contributed by atoms with van der Waals surface area (Å²) in [5.74, 6) is 0.203. The summed E-state index contributed by atoms with van der Waals surface area (Å²) < 4.78 is 0. The van der Waals surface area contributed by atoms with E-state index in [1.54, 1.807) is 7.05 Å². The highest BCUT2D eigenvalue weighted by atomic mass is 16.2. The Morgan fingerprint density at radius 1 is 1.17 bits per heavy atom. The maximum Gasteiger partial charge on any atom is 0.240 e. The van der Waals surface area contributed by atoms with Gasteiger partial charge in [-0.1, -0.05) is 24.3 Å². The van der Waals surface area contributed by atoms with E-state index < -0.39 is 0 Å². The van der Waals surface area contributed by atoms with E-state index in [2.05, 4.69) is 27.7 Å². The van der Waals surface area contributed by atoms with Crippen molar-refractivity contribution in [3.8, 4) is 0 Å². The highest BCUT2D eigenvalue weighted by Crippen LogP contribution is 2.18. The van der Waals surface area contributed by atoms with E-state index >= 15 is 0 Å². The Morgan fingerprint density at radius 3 is 2.57 bits per heavy atom. The van der Waals surface area contributed by atoms with Gasteiger partial charge in [-0.2, -0.15) is 0 Å². The van der Waals surface area contributed by atoms with Crippen molar-refractivity contribution in [1.82, 2.24) is 20.4 Å². The minimum atomic E-state index is -0.129. The van der Waals surface area contributed by atoms with Gasteiger partial charge in [0, 0.05) is 39.8 Å². The van der Waals surface area contributed by atoms with E-state index in [9.17, 15) is 9.59 Å². The second kappa shape index (κ2) is 7.10. The van der Waals surface area contributed by atoms with Gasteiger partial charge in [-0.3, -0.25) is 14.5 Å². The number of nitrogens with zero attached hydrogens (tertiary/aromatic N) is 2. The van der Waals surface area contributed by atoms with Crippen molar-refractivity contribution < 1.29 is 9.59 Å². The quantitative estimate of drug-likeness (QED) is 0.796. The summed E-state index contributed by atoms with van der Waals surface area (Å²) in [6.07, 6.45) is 0.757. The molecule has 0 bridgehead atoms. The summed E-state index contributed by atoms with van der Waals surface area (Å²) in [5, 5.41) is 5.99. The molecule has 0 radical (unpaired) electrons. The summed E-state index contributed by atoms with van der Waals surface area (Å²) in [7, 11) is 1.65. The van der Waals surface area contributed by atoms with Gasteiger partial charge in [0.1, 0.15) is 0 Å². The molecular formula is C17H24N4O2. The molecule has 1 fully saturated rings. The Morgan fingerprint density at radius 2 is 1.87 bits per heavy atom. The number of fused-ring (bicyclic) bond motifs is 1. The summed E-state index contributed by atoms with van der Waals surface area (Å²) >= 11 is 0. The third-order valence-corrected chi connectivity index (χ3v) is 4.71.